The number of aromatic nitrogens is 3. The molecule has 0 aliphatic heterocycles. The number of anilines is 1. The van der Waals surface area contributed by atoms with Gasteiger partial charge in [0.15, 0.2) is 5.13 Å². The zero-order valence-corrected chi connectivity index (χ0v) is 18.3. The lowest BCUT2D eigenvalue weighted by atomic mass is 10.3. The molecule has 0 bridgehead atoms. The molecular formula is C19H17N5O3S3. The van der Waals surface area contributed by atoms with Crippen molar-refractivity contribution in [2.75, 3.05) is 5.32 Å². The highest BCUT2D eigenvalue weighted by atomic mass is 32.1. The molecule has 0 aromatic carbocycles. The Morgan fingerprint density at radius 2 is 2.07 bits per heavy atom. The second-order valence-corrected chi connectivity index (χ2v) is 9.09. The number of hydrogen-bond acceptors (Lipinski definition) is 9. The van der Waals surface area contributed by atoms with Gasteiger partial charge in [-0.15, -0.1) is 22.7 Å². The third-order valence-corrected chi connectivity index (χ3v) is 6.54. The maximum absolute atomic E-state index is 12.2. The van der Waals surface area contributed by atoms with Crippen molar-refractivity contribution in [2.45, 2.75) is 26.3 Å². The van der Waals surface area contributed by atoms with Crippen molar-refractivity contribution in [1.82, 2.24) is 20.4 Å². The lowest BCUT2D eigenvalue weighted by Gasteiger charge is -1.99. The normalized spacial score (nSPS) is 10.8. The van der Waals surface area contributed by atoms with E-state index in [1.807, 2.05) is 34.3 Å². The van der Waals surface area contributed by atoms with E-state index in [1.165, 1.54) is 18.3 Å². The summed E-state index contributed by atoms with van der Waals surface area (Å²) < 4.78 is 5.21. The van der Waals surface area contributed by atoms with Gasteiger partial charge in [0, 0.05) is 41.0 Å². The van der Waals surface area contributed by atoms with Crippen molar-refractivity contribution >= 4 is 51.0 Å². The first-order valence-electron chi connectivity index (χ1n) is 9.01. The van der Waals surface area contributed by atoms with Crippen molar-refractivity contribution < 1.29 is 14.1 Å². The number of thiophene rings is 2. The van der Waals surface area contributed by atoms with Crippen molar-refractivity contribution in [3.05, 3.63) is 45.1 Å². The van der Waals surface area contributed by atoms with Crippen molar-refractivity contribution in [2.24, 2.45) is 0 Å². The van der Waals surface area contributed by atoms with Crippen LogP contribution in [0.2, 0.25) is 0 Å². The zero-order chi connectivity index (χ0) is 20.9. The minimum atomic E-state index is -0.163. The predicted octanol–water partition coefficient (Wildman–Crippen LogP) is 4.19. The highest BCUT2D eigenvalue weighted by Gasteiger charge is 2.13. The summed E-state index contributed by atoms with van der Waals surface area (Å²) in [4.78, 5) is 34.1. The maximum atomic E-state index is 12.2. The third kappa shape index (κ3) is 5.17. The van der Waals surface area contributed by atoms with E-state index < -0.39 is 0 Å². The average Bonchev–Trinajstić information content (AvgIpc) is 3.52. The Bertz CT molecular complexity index is 1150. The van der Waals surface area contributed by atoms with Crippen LogP contribution in [-0.2, 0) is 22.6 Å². The molecule has 0 radical (unpaired) electrons. The van der Waals surface area contributed by atoms with Gasteiger partial charge in [-0.3, -0.25) is 9.59 Å². The quantitative estimate of drug-likeness (QED) is 0.409. The van der Waals surface area contributed by atoms with E-state index in [1.54, 1.807) is 22.7 Å². The Balaban J connectivity index is 1.29. The summed E-state index contributed by atoms with van der Waals surface area (Å²) in [6.07, 6.45) is 0.582. The molecular weight excluding hydrogens is 442 g/mol. The van der Waals surface area contributed by atoms with Gasteiger partial charge in [0.05, 0.1) is 17.1 Å². The van der Waals surface area contributed by atoms with Crippen LogP contribution < -0.4 is 10.6 Å². The number of carbonyl (C=O) groups is 2. The van der Waals surface area contributed by atoms with E-state index in [9.17, 15) is 9.59 Å². The molecule has 0 atom stereocenters. The first-order valence-corrected chi connectivity index (χ1v) is 11.6. The molecule has 0 aliphatic carbocycles. The number of carbonyl (C=O) groups excluding carboxylic acids is 2. The van der Waals surface area contributed by atoms with Crippen molar-refractivity contribution in [1.29, 1.82) is 0 Å². The summed E-state index contributed by atoms with van der Waals surface area (Å²) in [5, 5.41) is 15.8. The highest BCUT2D eigenvalue weighted by Crippen LogP contribution is 2.31. The Morgan fingerprint density at radius 1 is 1.17 bits per heavy atom. The number of aryl methyl sites for hydroxylation is 1. The van der Waals surface area contributed by atoms with Gasteiger partial charge in [-0.2, -0.15) is 16.3 Å². The maximum Gasteiger partial charge on any atom is 0.227 e. The SMILES string of the molecule is CC(=O)NCc1ccc(-c2csc(NC(=O)CCc3nc(-c4ccsc4)no3)n2)s1. The molecule has 4 heterocycles. The molecule has 30 heavy (non-hydrogen) atoms. The van der Waals surface area contributed by atoms with Gasteiger partial charge in [-0.25, -0.2) is 4.98 Å². The summed E-state index contributed by atoms with van der Waals surface area (Å²) in [5.41, 5.74) is 1.70. The van der Waals surface area contributed by atoms with E-state index in [0.29, 0.717) is 29.8 Å². The summed E-state index contributed by atoms with van der Waals surface area (Å²) in [6.45, 7) is 1.99. The second kappa shape index (κ2) is 9.28. The molecule has 0 spiro atoms. The summed E-state index contributed by atoms with van der Waals surface area (Å²) in [7, 11) is 0. The van der Waals surface area contributed by atoms with Crippen molar-refractivity contribution in [3.63, 3.8) is 0 Å². The van der Waals surface area contributed by atoms with Crippen LogP contribution in [0.15, 0.2) is 38.9 Å². The van der Waals surface area contributed by atoms with Crippen LogP contribution in [-0.4, -0.2) is 26.9 Å². The van der Waals surface area contributed by atoms with Crippen LogP contribution in [0.5, 0.6) is 0 Å². The molecule has 154 valence electrons. The van der Waals surface area contributed by atoms with E-state index in [2.05, 4.69) is 25.8 Å². The van der Waals surface area contributed by atoms with Gasteiger partial charge in [-0.05, 0) is 23.6 Å². The largest absolute Gasteiger partial charge is 0.351 e. The Labute approximate surface area is 184 Å². The lowest BCUT2D eigenvalue weighted by Crippen LogP contribution is -2.17. The smallest absolute Gasteiger partial charge is 0.227 e. The number of thiazole rings is 1. The molecule has 11 heteroatoms. The Morgan fingerprint density at radius 3 is 2.87 bits per heavy atom. The molecule has 8 nitrogen and oxygen atoms in total. The van der Waals surface area contributed by atoms with Crippen LogP contribution in [0.3, 0.4) is 0 Å². The Hall–Kier alpha value is -2.89. The van der Waals surface area contributed by atoms with Crippen LogP contribution >= 0.6 is 34.0 Å². The summed E-state index contributed by atoms with van der Waals surface area (Å²) >= 11 is 4.49. The fourth-order valence-electron chi connectivity index (χ4n) is 2.53. The fourth-order valence-corrected chi connectivity index (χ4v) is 4.88. The first-order chi connectivity index (χ1) is 14.6. The van der Waals surface area contributed by atoms with E-state index in [-0.39, 0.29) is 18.2 Å². The molecule has 2 amide bonds. The number of hydrogen-bond donors (Lipinski definition) is 2. The van der Waals surface area contributed by atoms with Crippen LogP contribution in [0.25, 0.3) is 22.0 Å². The first kappa shape index (κ1) is 20.4. The average molecular weight is 460 g/mol. The monoisotopic (exact) mass is 459 g/mol. The lowest BCUT2D eigenvalue weighted by molar-refractivity contribution is -0.119. The number of rotatable bonds is 8. The fraction of sp³-hybridized carbons (Fsp3) is 0.211. The molecule has 0 fully saturated rings. The molecule has 4 rings (SSSR count). The molecule has 0 unspecified atom stereocenters. The summed E-state index contributed by atoms with van der Waals surface area (Å²) in [6, 6.07) is 5.84. The van der Waals surface area contributed by atoms with E-state index in [0.717, 1.165) is 21.0 Å². The number of nitrogens with one attached hydrogen (secondary N) is 2. The molecule has 4 aromatic heterocycles. The minimum Gasteiger partial charge on any atom is -0.351 e. The van der Waals surface area contributed by atoms with E-state index >= 15 is 0 Å². The van der Waals surface area contributed by atoms with Gasteiger partial charge < -0.3 is 15.2 Å². The zero-order valence-electron chi connectivity index (χ0n) is 15.9. The number of amides is 2. The summed E-state index contributed by atoms with van der Waals surface area (Å²) in [5.74, 6) is 0.733. The predicted molar refractivity (Wildman–Crippen MR) is 118 cm³/mol. The Kier molecular flexibility index (Phi) is 6.31. The molecule has 4 aromatic rings. The molecule has 0 aliphatic rings. The highest BCUT2D eigenvalue weighted by molar-refractivity contribution is 7.17. The van der Waals surface area contributed by atoms with E-state index in [4.69, 9.17) is 4.52 Å². The van der Waals surface area contributed by atoms with Gasteiger partial charge in [0.2, 0.25) is 23.5 Å². The van der Waals surface area contributed by atoms with Gasteiger partial charge >= 0.3 is 0 Å². The van der Waals surface area contributed by atoms with Crippen LogP contribution in [0, 0.1) is 0 Å². The van der Waals surface area contributed by atoms with Crippen molar-refractivity contribution in [3.8, 4) is 22.0 Å². The van der Waals surface area contributed by atoms with Gasteiger partial charge in [0.25, 0.3) is 0 Å². The topological polar surface area (TPSA) is 110 Å². The second-order valence-electron chi connectivity index (χ2n) is 6.29. The van der Waals surface area contributed by atoms with Crippen LogP contribution in [0.1, 0.15) is 24.1 Å². The minimum absolute atomic E-state index is 0.0631. The van der Waals surface area contributed by atoms with Crippen LogP contribution in [0.4, 0.5) is 5.13 Å². The third-order valence-electron chi connectivity index (χ3n) is 3.99. The molecule has 0 saturated heterocycles. The number of nitrogens with zero attached hydrogens (tertiary/aromatic N) is 3. The molecule has 2 N–H and O–H groups in total. The van der Waals surface area contributed by atoms with Gasteiger partial charge in [0.1, 0.15) is 0 Å². The van der Waals surface area contributed by atoms with Gasteiger partial charge in [-0.1, -0.05) is 5.16 Å². The standard InChI is InChI=1S/C19H17N5O3S3/c1-11(25)20-8-13-2-3-15(30-13)14-10-29-19(21-14)22-16(26)4-5-17-23-18(24-27-17)12-6-7-28-9-12/h2-3,6-7,9-10H,4-5,8H2,1H3,(H,20,25)(H,21,22,26). The molecule has 0 saturated carbocycles.